The van der Waals surface area contributed by atoms with Crippen molar-refractivity contribution in [2.45, 2.75) is 45.8 Å². The quantitative estimate of drug-likeness (QED) is 0.406. The molecule has 9 nitrogen and oxygen atoms in total. The number of esters is 1. The van der Waals surface area contributed by atoms with Crippen molar-refractivity contribution in [3.05, 3.63) is 58.8 Å². The zero-order valence-electron chi connectivity index (χ0n) is 21.4. The average molecular weight is 518 g/mol. The van der Waals surface area contributed by atoms with E-state index >= 15 is 0 Å². The molecule has 1 saturated heterocycles. The lowest BCUT2D eigenvalue weighted by atomic mass is 9.94. The lowest BCUT2D eigenvalue weighted by Gasteiger charge is -2.43. The number of rotatable bonds is 8. The van der Waals surface area contributed by atoms with Crippen molar-refractivity contribution in [3.8, 4) is 0 Å². The predicted molar refractivity (Wildman–Crippen MR) is 140 cm³/mol. The zero-order valence-corrected chi connectivity index (χ0v) is 22.2. The molecule has 2 aliphatic heterocycles. The van der Waals surface area contributed by atoms with Gasteiger partial charge in [0.2, 0.25) is 0 Å². The van der Waals surface area contributed by atoms with E-state index in [1.165, 1.54) is 4.90 Å². The molecule has 3 rings (SSSR count). The van der Waals surface area contributed by atoms with E-state index in [0.29, 0.717) is 48.0 Å². The second-order valence-electron chi connectivity index (χ2n) is 9.30. The van der Waals surface area contributed by atoms with Crippen LogP contribution < -0.4 is 10.6 Å². The Bertz CT molecular complexity index is 1030. The molecule has 2 N–H and O–H groups in total. The maximum atomic E-state index is 13.3. The van der Waals surface area contributed by atoms with Gasteiger partial charge in [-0.2, -0.15) is 0 Å². The highest BCUT2D eigenvalue weighted by molar-refractivity contribution is 6.30. The van der Waals surface area contributed by atoms with E-state index in [1.54, 1.807) is 31.2 Å². The van der Waals surface area contributed by atoms with E-state index in [-0.39, 0.29) is 37.3 Å². The van der Waals surface area contributed by atoms with Crippen LogP contribution in [0.3, 0.4) is 0 Å². The SMILES string of the molecule is C=CCN1C(=O)NC(c2cccc(Cl)c2)C(C(=O)OCC)=C1CN1CCN(C(=O)NC(C)C)C(C)C1. The van der Waals surface area contributed by atoms with Gasteiger partial charge in [0.1, 0.15) is 0 Å². The number of benzene rings is 1. The van der Waals surface area contributed by atoms with Gasteiger partial charge in [-0.3, -0.25) is 9.80 Å². The summed E-state index contributed by atoms with van der Waals surface area (Å²) in [5.41, 5.74) is 1.63. The Morgan fingerprint density at radius 3 is 2.69 bits per heavy atom. The number of nitrogens with zero attached hydrogens (tertiary/aromatic N) is 3. The van der Waals surface area contributed by atoms with Gasteiger partial charge in [-0.1, -0.05) is 29.8 Å². The molecule has 4 amide bonds. The van der Waals surface area contributed by atoms with Gasteiger partial charge in [-0.05, 0) is 45.4 Å². The summed E-state index contributed by atoms with van der Waals surface area (Å²) in [5.74, 6) is -0.491. The summed E-state index contributed by atoms with van der Waals surface area (Å²) in [6.07, 6.45) is 1.62. The largest absolute Gasteiger partial charge is 0.463 e. The van der Waals surface area contributed by atoms with Crippen LogP contribution in [0.25, 0.3) is 0 Å². The molecule has 2 unspecified atom stereocenters. The van der Waals surface area contributed by atoms with Crippen LogP contribution in [0.1, 0.15) is 39.3 Å². The molecule has 1 aromatic rings. The summed E-state index contributed by atoms with van der Waals surface area (Å²) in [7, 11) is 0. The van der Waals surface area contributed by atoms with Crippen LogP contribution in [-0.2, 0) is 9.53 Å². The molecule has 2 heterocycles. The van der Waals surface area contributed by atoms with E-state index < -0.39 is 12.0 Å². The molecule has 1 aromatic carbocycles. The molecule has 0 aromatic heterocycles. The Morgan fingerprint density at radius 1 is 1.33 bits per heavy atom. The minimum Gasteiger partial charge on any atom is -0.463 e. The van der Waals surface area contributed by atoms with E-state index in [1.807, 2.05) is 31.7 Å². The topological polar surface area (TPSA) is 94.2 Å². The van der Waals surface area contributed by atoms with Gasteiger partial charge >= 0.3 is 18.0 Å². The van der Waals surface area contributed by atoms with Crippen LogP contribution in [0, 0.1) is 0 Å². The maximum absolute atomic E-state index is 13.3. The number of carbonyl (C=O) groups excluding carboxylic acids is 3. The lowest BCUT2D eigenvalue weighted by molar-refractivity contribution is -0.139. The second-order valence-corrected chi connectivity index (χ2v) is 9.74. The third-order valence-corrected chi connectivity index (χ3v) is 6.42. The molecular formula is C26H36ClN5O4. The van der Waals surface area contributed by atoms with Crippen LogP contribution in [0.4, 0.5) is 9.59 Å². The summed E-state index contributed by atoms with van der Waals surface area (Å²) in [4.78, 5) is 44.6. The Labute approximate surface area is 218 Å². The number of piperazine rings is 1. The van der Waals surface area contributed by atoms with Gasteiger partial charge in [-0.15, -0.1) is 6.58 Å². The maximum Gasteiger partial charge on any atom is 0.338 e. The molecular weight excluding hydrogens is 482 g/mol. The Balaban J connectivity index is 1.97. The number of hydrogen-bond acceptors (Lipinski definition) is 5. The number of ether oxygens (including phenoxy) is 1. The zero-order chi connectivity index (χ0) is 26.4. The minimum atomic E-state index is -0.707. The molecule has 196 valence electrons. The van der Waals surface area contributed by atoms with Gasteiger partial charge < -0.3 is 20.3 Å². The molecule has 0 aliphatic carbocycles. The van der Waals surface area contributed by atoms with Gasteiger partial charge in [0, 0.05) is 55.5 Å². The van der Waals surface area contributed by atoms with Crippen LogP contribution >= 0.6 is 11.6 Å². The Kier molecular flexibility index (Phi) is 9.39. The lowest BCUT2D eigenvalue weighted by Crippen LogP contribution is -2.58. The van der Waals surface area contributed by atoms with Crippen LogP contribution in [0.5, 0.6) is 0 Å². The van der Waals surface area contributed by atoms with Gasteiger partial charge in [-0.25, -0.2) is 14.4 Å². The summed E-state index contributed by atoms with van der Waals surface area (Å²) in [6.45, 7) is 13.9. The van der Waals surface area contributed by atoms with Crippen molar-refractivity contribution in [2.24, 2.45) is 0 Å². The van der Waals surface area contributed by atoms with Crippen LogP contribution in [0.2, 0.25) is 5.02 Å². The highest BCUT2D eigenvalue weighted by Gasteiger charge is 2.39. The third kappa shape index (κ3) is 6.39. The molecule has 36 heavy (non-hydrogen) atoms. The number of hydrogen-bond donors (Lipinski definition) is 2. The first-order chi connectivity index (χ1) is 17.2. The summed E-state index contributed by atoms with van der Waals surface area (Å²) in [6, 6.07) is 5.97. The fraction of sp³-hybridized carbons (Fsp3) is 0.500. The summed E-state index contributed by atoms with van der Waals surface area (Å²) < 4.78 is 5.44. The monoisotopic (exact) mass is 517 g/mol. The van der Waals surface area contributed by atoms with E-state index in [4.69, 9.17) is 16.3 Å². The molecule has 2 aliphatic rings. The van der Waals surface area contributed by atoms with Crippen molar-refractivity contribution in [1.29, 1.82) is 0 Å². The summed E-state index contributed by atoms with van der Waals surface area (Å²) >= 11 is 6.23. The predicted octanol–water partition coefficient (Wildman–Crippen LogP) is 3.53. The minimum absolute atomic E-state index is 0.0434. The van der Waals surface area contributed by atoms with Gasteiger partial charge in [0.05, 0.1) is 18.2 Å². The van der Waals surface area contributed by atoms with Gasteiger partial charge in [0.25, 0.3) is 0 Å². The third-order valence-electron chi connectivity index (χ3n) is 6.19. The Morgan fingerprint density at radius 2 is 2.08 bits per heavy atom. The number of carbonyl (C=O) groups is 3. The van der Waals surface area contributed by atoms with Crippen molar-refractivity contribution in [3.63, 3.8) is 0 Å². The first-order valence-electron chi connectivity index (χ1n) is 12.3. The molecule has 0 saturated carbocycles. The van der Waals surface area contributed by atoms with Crippen molar-refractivity contribution < 1.29 is 19.1 Å². The van der Waals surface area contributed by atoms with Gasteiger partial charge in [0.15, 0.2) is 0 Å². The molecule has 0 spiro atoms. The van der Waals surface area contributed by atoms with Crippen molar-refractivity contribution >= 4 is 29.6 Å². The molecule has 1 fully saturated rings. The highest BCUT2D eigenvalue weighted by Crippen LogP contribution is 2.33. The molecule has 2 atom stereocenters. The fourth-order valence-electron chi connectivity index (χ4n) is 4.60. The highest BCUT2D eigenvalue weighted by atomic mass is 35.5. The summed E-state index contributed by atoms with van der Waals surface area (Å²) in [5, 5.41) is 6.40. The number of nitrogens with one attached hydrogen (secondary N) is 2. The van der Waals surface area contributed by atoms with E-state index in [0.717, 1.165) is 0 Å². The number of amides is 4. The average Bonchev–Trinajstić information content (AvgIpc) is 2.80. The molecule has 10 heteroatoms. The number of halogens is 1. The smallest absolute Gasteiger partial charge is 0.338 e. The first kappa shape index (κ1) is 27.5. The second kappa shape index (κ2) is 12.3. The standard InChI is InChI=1S/C26H36ClN5O4/c1-6-11-32-21(16-30-12-13-31(18(5)15-30)25(34)28-17(3)4)22(24(33)36-7-2)23(29-26(32)35)19-9-8-10-20(27)14-19/h6,8-10,14,17-18,23H,1,7,11-13,15-16H2,2-5H3,(H,28,34)(H,29,35). The van der Waals surface area contributed by atoms with Crippen LogP contribution in [0.15, 0.2) is 48.2 Å². The first-order valence-corrected chi connectivity index (χ1v) is 12.7. The molecule has 0 bridgehead atoms. The van der Waals surface area contributed by atoms with E-state index in [2.05, 4.69) is 22.1 Å². The van der Waals surface area contributed by atoms with Crippen molar-refractivity contribution in [1.82, 2.24) is 25.3 Å². The fourth-order valence-corrected chi connectivity index (χ4v) is 4.80. The number of urea groups is 2. The normalized spacial score (nSPS) is 20.9. The van der Waals surface area contributed by atoms with Crippen LogP contribution in [-0.4, -0.2) is 84.1 Å². The Hall–Kier alpha value is -3.04. The van der Waals surface area contributed by atoms with E-state index in [9.17, 15) is 14.4 Å². The molecule has 0 radical (unpaired) electrons. The van der Waals surface area contributed by atoms with Crippen molar-refractivity contribution in [2.75, 3.05) is 39.3 Å².